The average molecular weight is 297 g/mol. The van der Waals surface area contributed by atoms with Crippen LogP contribution < -0.4 is 4.74 Å². The second-order valence-corrected chi connectivity index (χ2v) is 4.65. The number of aryl methyl sites for hydroxylation is 1. The van der Waals surface area contributed by atoms with Crippen molar-refractivity contribution in [3.63, 3.8) is 0 Å². The van der Waals surface area contributed by atoms with E-state index in [2.05, 4.69) is 5.10 Å². The summed E-state index contributed by atoms with van der Waals surface area (Å²) < 4.78 is 19.8. The Morgan fingerprint density at radius 3 is 2.90 bits per heavy atom. The summed E-state index contributed by atoms with van der Waals surface area (Å²) in [6.07, 6.45) is 2.26. The fourth-order valence-corrected chi connectivity index (χ4v) is 2.13. The van der Waals surface area contributed by atoms with Crippen LogP contribution in [-0.2, 0) is 6.54 Å². The van der Waals surface area contributed by atoms with Crippen LogP contribution in [-0.4, -0.2) is 22.7 Å². The zero-order valence-electron chi connectivity index (χ0n) is 11.2. The Balaban J connectivity index is 2.43. The van der Waals surface area contributed by atoms with Crippen molar-refractivity contribution in [2.45, 2.75) is 19.9 Å². The lowest BCUT2D eigenvalue weighted by molar-refractivity contribution is 0.102. The van der Waals surface area contributed by atoms with E-state index < -0.39 is 5.82 Å². The van der Waals surface area contributed by atoms with Gasteiger partial charge in [0.25, 0.3) is 0 Å². The van der Waals surface area contributed by atoms with E-state index in [1.807, 2.05) is 6.92 Å². The van der Waals surface area contributed by atoms with Crippen molar-refractivity contribution in [1.29, 1.82) is 0 Å². The third kappa shape index (κ3) is 2.67. The first-order valence-corrected chi connectivity index (χ1v) is 6.55. The van der Waals surface area contributed by atoms with Crippen LogP contribution in [0.4, 0.5) is 4.39 Å². The zero-order chi connectivity index (χ0) is 14.7. The van der Waals surface area contributed by atoms with E-state index in [1.54, 1.807) is 4.68 Å². The molecule has 0 N–H and O–H groups in total. The molecule has 1 aromatic carbocycles. The van der Waals surface area contributed by atoms with Crippen molar-refractivity contribution >= 4 is 17.4 Å². The third-order valence-corrected chi connectivity index (χ3v) is 3.14. The molecule has 1 aromatic heterocycles. The van der Waals surface area contributed by atoms with Crippen molar-refractivity contribution in [2.75, 3.05) is 7.11 Å². The Hall–Kier alpha value is -1.88. The molecule has 2 rings (SSSR count). The van der Waals surface area contributed by atoms with Gasteiger partial charge in [0.15, 0.2) is 11.6 Å². The lowest BCUT2D eigenvalue weighted by Crippen LogP contribution is -2.12. The van der Waals surface area contributed by atoms with Crippen LogP contribution in [0.3, 0.4) is 0 Å². The van der Waals surface area contributed by atoms with E-state index in [0.717, 1.165) is 6.42 Å². The number of methoxy groups -OCH3 is 1. The molecule has 0 spiro atoms. The zero-order valence-corrected chi connectivity index (χ0v) is 11.9. The Morgan fingerprint density at radius 1 is 1.50 bits per heavy atom. The second-order valence-electron chi connectivity index (χ2n) is 4.24. The number of nitrogens with zero attached hydrogens (tertiary/aromatic N) is 2. The smallest absolute Gasteiger partial charge is 0.212 e. The molecule has 0 amide bonds. The number of rotatable bonds is 5. The highest BCUT2D eigenvalue weighted by molar-refractivity contribution is 6.34. The van der Waals surface area contributed by atoms with E-state index in [-0.39, 0.29) is 16.6 Å². The molecule has 0 atom stereocenters. The molecule has 0 aliphatic rings. The molecule has 6 heteroatoms. The second kappa shape index (κ2) is 6.05. The van der Waals surface area contributed by atoms with Gasteiger partial charge in [-0.2, -0.15) is 5.10 Å². The van der Waals surface area contributed by atoms with Crippen molar-refractivity contribution in [1.82, 2.24) is 9.78 Å². The number of aromatic nitrogens is 2. The molecule has 106 valence electrons. The predicted molar refractivity (Wildman–Crippen MR) is 73.9 cm³/mol. The van der Waals surface area contributed by atoms with Gasteiger partial charge in [0.1, 0.15) is 5.69 Å². The molecule has 0 aliphatic carbocycles. The first-order valence-electron chi connectivity index (χ1n) is 6.18. The monoisotopic (exact) mass is 296 g/mol. The van der Waals surface area contributed by atoms with Gasteiger partial charge in [0.2, 0.25) is 5.78 Å². The van der Waals surface area contributed by atoms with Crippen molar-refractivity contribution in [3.05, 3.63) is 46.5 Å². The minimum Gasteiger partial charge on any atom is -0.494 e. The minimum absolute atomic E-state index is 0.0218. The van der Waals surface area contributed by atoms with E-state index in [9.17, 15) is 9.18 Å². The Kier molecular flexibility index (Phi) is 4.39. The molecule has 4 nitrogen and oxygen atoms in total. The number of hydrogen-bond donors (Lipinski definition) is 0. The highest BCUT2D eigenvalue weighted by atomic mass is 35.5. The highest BCUT2D eigenvalue weighted by Crippen LogP contribution is 2.23. The summed E-state index contributed by atoms with van der Waals surface area (Å²) in [6, 6.07) is 3.96. The number of halogens is 2. The standard InChI is InChI=1S/C14H14ClFN2O2/c1-3-6-18-13(10(15)8-17-18)14(19)9-4-5-11(16)12(7-9)20-2/h4-5,7-8H,3,6H2,1-2H3. The number of benzene rings is 1. The first kappa shape index (κ1) is 14.5. The lowest BCUT2D eigenvalue weighted by atomic mass is 10.1. The van der Waals surface area contributed by atoms with Crippen molar-refractivity contribution in [3.8, 4) is 5.75 Å². The number of hydrogen-bond acceptors (Lipinski definition) is 3. The largest absolute Gasteiger partial charge is 0.494 e. The Morgan fingerprint density at radius 2 is 2.25 bits per heavy atom. The van der Waals surface area contributed by atoms with E-state index in [4.69, 9.17) is 16.3 Å². The number of ketones is 1. The van der Waals surface area contributed by atoms with Crippen LogP contribution in [0.2, 0.25) is 5.02 Å². The summed E-state index contributed by atoms with van der Waals surface area (Å²) >= 11 is 6.02. The van der Waals surface area contributed by atoms with Gasteiger partial charge < -0.3 is 4.74 Å². The maximum Gasteiger partial charge on any atom is 0.212 e. The first-order chi connectivity index (χ1) is 9.58. The van der Waals surface area contributed by atoms with Crippen LogP contribution in [0.15, 0.2) is 24.4 Å². The molecule has 0 radical (unpaired) electrons. The quantitative estimate of drug-likeness (QED) is 0.795. The van der Waals surface area contributed by atoms with E-state index in [1.165, 1.54) is 31.5 Å². The van der Waals surface area contributed by atoms with Gasteiger partial charge in [-0.15, -0.1) is 0 Å². The fourth-order valence-electron chi connectivity index (χ4n) is 1.91. The summed E-state index contributed by atoms with van der Waals surface area (Å²) in [6.45, 7) is 2.57. The van der Waals surface area contributed by atoms with Gasteiger partial charge in [-0.05, 0) is 24.6 Å². The van der Waals surface area contributed by atoms with Crippen LogP contribution in [0.1, 0.15) is 29.4 Å². The van der Waals surface area contributed by atoms with E-state index in [0.29, 0.717) is 17.8 Å². The lowest BCUT2D eigenvalue weighted by Gasteiger charge is -2.08. The van der Waals surface area contributed by atoms with Gasteiger partial charge in [-0.25, -0.2) is 4.39 Å². The molecular formula is C14H14ClFN2O2. The summed E-state index contributed by atoms with van der Waals surface area (Å²) in [5.41, 5.74) is 0.616. The van der Waals surface area contributed by atoms with Crippen LogP contribution in [0, 0.1) is 5.82 Å². The molecule has 0 unspecified atom stereocenters. The Bertz CT molecular complexity index is 640. The molecule has 1 heterocycles. The highest BCUT2D eigenvalue weighted by Gasteiger charge is 2.20. The van der Waals surface area contributed by atoms with E-state index >= 15 is 0 Å². The molecule has 0 fully saturated rings. The maximum atomic E-state index is 13.4. The molecular weight excluding hydrogens is 283 g/mol. The molecule has 20 heavy (non-hydrogen) atoms. The number of carbonyl (C=O) groups excluding carboxylic acids is 1. The SMILES string of the molecule is CCCn1ncc(Cl)c1C(=O)c1ccc(F)c(OC)c1. The van der Waals surface area contributed by atoms with Gasteiger partial charge in [0.05, 0.1) is 18.3 Å². The molecule has 0 saturated carbocycles. The normalized spacial score (nSPS) is 10.6. The van der Waals surface area contributed by atoms with Crippen LogP contribution in [0.5, 0.6) is 5.75 Å². The topological polar surface area (TPSA) is 44.1 Å². The predicted octanol–water partition coefficient (Wildman–Crippen LogP) is 3.33. The summed E-state index contributed by atoms with van der Waals surface area (Å²) in [5.74, 6) is -0.801. The molecule has 2 aromatic rings. The summed E-state index contributed by atoms with van der Waals surface area (Å²) in [4.78, 5) is 12.5. The third-order valence-electron chi connectivity index (χ3n) is 2.86. The van der Waals surface area contributed by atoms with Gasteiger partial charge in [-0.1, -0.05) is 18.5 Å². The molecule has 0 saturated heterocycles. The summed E-state index contributed by atoms with van der Waals surface area (Å²) in [5, 5.41) is 4.35. The Labute approximate surface area is 121 Å². The van der Waals surface area contributed by atoms with Gasteiger partial charge in [0, 0.05) is 12.1 Å². The average Bonchev–Trinajstić information content (AvgIpc) is 2.80. The number of ether oxygens (including phenoxy) is 1. The van der Waals surface area contributed by atoms with Gasteiger partial charge in [-0.3, -0.25) is 9.48 Å². The summed E-state index contributed by atoms with van der Waals surface area (Å²) in [7, 11) is 1.35. The van der Waals surface area contributed by atoms with Crippen LogP contribution >= 0.6 is 11.6 Å². The number of carbonyl (C=O) groups is 1. The fraction of sp³-hybridized carbons (Fsp3) is 0.286. The molecule has 0 bridgehead atoms. The maximum absolute atomic E-state index is 13.4. The van der Waals surface area contributed by atoms with Crippen molar-refractivity contribution < 1.29 is 13.9 Å². The van der Waals surface area contributed by atoms with Gasteiger partial charge >= 0.3 is 0 Å². The van der Waals surface area contributed by atoms with Crippen LogP contribution in [0.25, 0.3) is 0 Å². The van der Waals surface area contributed by atoms with Crippen molar-refractivity contribution in [2.24, 2.45) is 0 Å². The minimum atomic E-state index is -0.516. The molecule has 0 aliphatic heterocycles.